The normalized spacial score (nSPS) is 23.7. The molecule has 1 fully saturated rings. The smallest absolute Gasteiger partial charge is 0.341 e. The molecule has 18 heavy (non-hydrogen) atoms. The van der Waals surface area contributed by atoms with Crippen LogP contribution in [0.15, 0.2) is 12.4 Å². The van der Waals surface area contributed by atoms with Gasteiger partial charge >= 0.3 is 5.97 Å². The maximum Gasteiger partial charge on any atom is 0.341 e. The van der Waals surface area contributed by atoms with Crippen LogP contribution < -0.4 is 0 Å². The minimum Gasteiger partial charge on any atom is -0.462 e. The monoisotopic (exact) mass is 250 g/mol. The van der Waals surface area contributed by atoms with Crippen LogP contribution >= 0.6 is 0 Å². The van der Waals surface area contributed by atoms with Crippen LogP contribution in [0.1, 0.15) is 54.7 Å². The molecule has 1 saturated carbocycles. The Hall–Kier alpha value is -1.49. The molecule has 0 aliphatic heterocycles. The summed E-state index contributed by atoms with van der Waals surface area (Å²) in [5, 5.41) is 9.91. The first-order valence-electron chi connectivity index (χ1n) is 6.39. The quantitative estimate of drug-likeness (QED) is 0.826. The summed E-state index contributed by atoms with van der Waals surface area (Å²) >= 11 is 0. The number of aliphatic hydroxyl groups excluding tert-OH is 1. The summed E-state index contributed by atoms with van der Waals surface area (Å²) in [6.07, 6.45) is 6.42. The van der Waals surface area contributed by atoms with Gasteiger partial charge in [0.25, 0.3) is 0 Å². The largest absolute Gasteiger partial charge is 0.462 e. The molecule has 0 radical (unpaired) electrons. The number of carbonyl (C=O) groups excluding carboxylic acids is 1. The van der Waals surface area contributed by atoms with Gasteiger partial charge in [0.15, 0.2) is 0 Å². The molecule has 2 atom stereocenters. The highest BCUT2D eigenvalue weighted by Gasteiger charge is 2.26. The van der Waals surface area contributed by atoms with Crippen molar-refractivity contribution in [1.82, 2.24) is 9.97 Å². The topological polar surface area (TPSA) is 72.3 Å². The molecule has 1 aromatic heterocycles. The highest BCUT2D eigenvalue weighted by atomic mass is 16.5. The third-order valence-corrected chi connectivity index (χ3v) is 3.24. The fraction of sp³-hybridized carbons (Fsp3) is 0.615. The number of hydrogen-bond acceptors (Lipinski definition) is 5. The van der Waals surface area contributed by atoms with Crippen LogP contribution in [-0.4, -0.2) is 33.8 Å². The molecule has 5 heteroatoms. The van der Waals surface area contributed by atoms with Crippen molar-refractivity contribution in [2.75, 3.05) is 6.61 Å². The minimum absolute atomic E-state index is 0.00463. The van der Waals surface area contributed by atoms with Gasteiger partial charge in [-0.3, -0.25) is 0 Å². The first-order chi connectivity index (χ1) is 8.72. The average Bonchev–Trinajstić information content (AvgIpc) is 2.40. The molecular weight excluding hydrogens is 232 g/mol. The second-order valence-electron chi connectivity index (χ2n) is 4.51. The van der Waals surface area contributed by atoms with Crippen molar-refractivity contribution in [1.29, 1.82) is 0 Å². The van der Waals surface area contributed by atoms with Gasteiger partial charge in [-0.05, 0) is 19.8 Å². The van der Waals surface area contributed by atoms with E-state index in [-0.39, 0.29) is 12.0 Å². The van der Waals surface area contributed by atoms with Gasteiger partial charge in [-0.1, -0.05) is 12.8 Å². The third kappa shape index (κ3) is 2.85. The van der Waals surface area contributed by atoms with Gasteiger partial charge in [0.05, 0.1) is 18.3 Å². The Morgan fingerprint density at radius 1 is 1.39 bits per heavy atom. The zero-order valence-electron chi connectivity index (χ0n) is 10.5. The van der Waals surface area contributed by atoms with Gasteiger partial charge in [-0.2, -0.15) is 0 Å². The van der Waals surface area contributed by atoms with Crippen molar-refractivity contribution in [2.24, 2.45) is 0 Å². The van der Waals surface area contributed by atoms with Crippen molar-refractivity contribution in [2.45, 2.75) is 44.6 Å². The summed E-state index contributed by atoms with van der Waals surface area (Å²) in [5.41, 5.74) is 0.353. The van der Waals surface area contributed by atoms with Crippen molar-refractivity contribution in [3.05, 3.63) is 23.8 Å². The SMILES string of the molecule is CCOC(=O)c1cnc(C2CCCCC2O)nc1. The molecule has 5 nitrogen and oxygen atoms in total. The Labute approximate surface area is 106 Å². The van der Waals surface area contributed by atoms with Crippen LogP contribution in [0.4, 0.5) is 0 Å². The predicted molar refractivity (Wildman–Crippen MR) is 65.2 cm³/mol. The third-order valence-electron chi connectivity index (χ3n) is 3.24. The van der Waals surface area contributed by atoms with Gasteiger partial charge in [0.2, 0.25) is 0 Å². The number of ether oxygens (including phenoxy) is 1. The van der Waals surface area contributed by atoms with Crippen molar-refractivity contribution >= 4 is 5.97 Å². The molecule has 1 aliphatic rings. The molecular formula is C13H18N2O3. The zero-order chi connectivity index (χ0) is 13.0. The number of carbonyl (C=O) groups is 1. The molecule has 1 aliphatic carbocycles. The van der Waals surface area contributed by atoms with E-state index in [1.54, 1.807) is 6.92 Å². The summed E-state index contributed by atoms with van der Waals surface area (Å²) < 4.78 is 4.87. The fourth-order valence-corrected chi connectivity index (χ4v) is 2.26. The van der Waals surface area contributed by atoms with Gasteiger partial charge in [-0.25, -0.2) is 14.8 Å². The Balaban J connectivity index is 2.09. The van der Waals surface area contributed by atoms with Gasteiger partial charge < -0.3 is 9.84 Å². The molecule has 0 saturated heterocycles. The summed E-state index contributed by atoms with van der Waals surface area (Å²) in [5.74, 6) is 0.207. The molecule has 1 heterocycles. The molecule has 2 rings (SSSR count). The van der Waals surface area contributed by atoms with Gasteiger partial charge in [0.1, 0.15) is 5.82 Å². The van der Waals surface area contributed by atoms with Crippen LogP contribution in [0.5, 0.6) is 0 Å². The molecule has 1 N–H and O–H groups in total. The fourth-order valence-electron chi connectivity index (χ4n) is 2.26. The zero-order valence-corrected chi connectivity index (χ0v) is 10.5. The second-order valence-corrected chi connectivity index (χ2v) is 4.51. The Morgan fingerprint density at radius 3 is 2.67 bits per heavy atom. The number of aliphatic hydroxyl groups is 1. The van der Waals surface area contributed by atoms with Crippen LogP contribution in [-0.2, 0) is 4.74 Å². The Bertz CT molecular complexity index is 405. The lowest BCUT2D eigenvalue weighted by molar-refractivity contribution is 0.0525. The highest BCUT2D eigenvalue weighted by molar-refractivity contribution is 5.88. The van der Waals surface area contributed by atoms with E-state index in [0.29, 0.717) is 18.0 Å². The van der Waals surface area contributed by atoms with Gasteiger partial charge in [0, 0.05) is 18.3 Å². The summed E-state index contributed by atoms with van der Waals surface area (Å²) in [7, 11) is 0. The van der Waals surface area contributed by atoms with E-state index < -0.39 is 5.97 Å². The van der Waals surface area contributed by atoms with E-state index in [1.807, 2.05) is 0 Å². The van der Waals surface area contributed by atoms with E-state index in [9.17, 15) is 9.90 Å². The molecule has 0 bridgehead atoms. The second kappa shape index (κ2) is 5.91. The maximum absolute atomic E-state index is 11.4. The molecule has 0 aromatic carbocycles. The Kier molecular flexibility index (Phi) is 4.25. The first kappa shape index (κ1) is 13.0. The molecule has 0 spiro atoms. The summed E-state index contributed by atoms with van der Waals surface area (Å²) in [6, 6.07) is 0. The van der Waals surface area contributed by atoms with E-state index in [1.165, 1.54) is 12.4 Å². The lowest BCUT2D eigenvalue weighted by atomic mass is 9.86. The molecule has 2 unspecified atom stereocenters. The van der Waals surface area contributed by atoms with Crippen LogP contribution in [0, 0.1) is 0 Å². The molecule has 0 amide bonds. The van der Waals surface area contributed by atoms with Crippen LogP contribution in [0.25, 0.3) is 0 Å². The summed E-state index contributed by atoms with van der Waals surface area (Å²) in [4.78, 5) is 19.8. The maximum atomic E-state index is 11.4. The highest BCUT2D eigenvalue weighted by Crippen LogP contribution is 2.30. The van der Waals surface area contributed by atoms with Crippen molar-refractivity contribution < 1.29 is 14.6 Å². The molecule has 98 valence electrons. The number of esters is 1. The van der Waals surface area contributed by atoms with Crippen LogP contribution in [0.2, 0.25) is 0 Å². The number of aromatic nitrogens is 2. The lowest BCUT2D eigenvalue weighted by Gasteiger charge is -2.26. The van der Waals surface area contributed by atoms with Crippen molar-refractivity contribution in [3.8, 4) is 0 Å². The number of hydrogen-bond donors (Lipinski definition) is 1. The van der Waals surface area contributed by atoms with E-state index in [0.717, 1.165) is 25.7 Å². The van der Waals surface area contributed by atoms with Gasteiger partial charge in [-0.15, -0.1) is 0 Å². The predicted octanol–water partition coefficient (Wildman–Crippen LogP) is 1.67. The standard InChI is InChI=1S/C13H18N2O3/c1-2-18-13(17)9-7-14-12(15-8-9)10-5-3-4-6-11(10)16/h7-8,10-11,16H,2-6H2,1H3. The number of nitrogens with zero attached hydrogens (tertiary/aromatic N) is 2. The van der Waals surface area contributed by atoms with E-state index in [4.69, 9.17) is 4.74 Å². The van der Waals surface area contributed by atoms with Crippen molar-refractivity contribution in [3.63, 3.8) is 0 Å². The minimum atomic E-state index is -0.409. The molecule has 1 aromatic rings. The number of rotatable bonds is 3. The van der Waals surface area contributed by atoms with Crippen LogP contribution in [0.3, 0.4) is 0 Å². The average molecular weight is 250 g/mol. The summed E-state index contributed by atoms with van der Waals surface area (Å²) in [6.45, 7) is 2.09. The lowest BCUT2D eigenvalue weighted by Crippen LogP contribution is -2.24. The first-order valence-corrected chi connectivity index (χ1v) is 6.39. The van der Waals surface area contributed by atoms with E-state index >= 15 is 0 Å². The van der Waals surface area contributed by atoms with E-state index in [2.05, 4.69) is 9.97 Å². The Morgan fingerprint density at radius 2 is 2.06 bits per heavy atom.